The van der Waals surface area contributed by atoms with Crippen LogP contribution in [0.2, 0.25) is 0 Å². The van der Waals surface area contributed by atoms with Crippen LogP contribution < -0.4 is 5.73 Å². The van der Waals surface area contributed by atoms with Crippen molar-refractivity contribution in [3.63, 3.8) is 0 Å². The molecule has 4 heteroatoms. The number of nitrogen functional groups attached to an aromatic ring is 1. The van der Waals surface area contributed by atoms with E-state index in [0.717, 1.165) is 35.5 Å². The van der Waals surface area contributed by atoms with Crippen LogP contribution in [0.3, 0.4) is 0 Å². The number of aromatic nitrogens is 3. The third kappa shape index (κ3) is 2.18. The fraction of sp³-hybridized carbons (Fsp3) is 0.176. The molecule has 0 atom stereocenters. The molecule has 1 aliphatic rings. The molecular weight excluding hydrogens is 260 g/mol. The lowest BCUT2D eigenvalue weighted by molar-refractivity contribution is 0.831. The molecule has 4 rings (SSSR count). The van der Waals surface area contributed by atoms with Gasteiger partial charge in [-0.1, -0.05) is 18.2 Å². The van der Waals surface area contributed by atoms with Crippen LogP contribution in [-0.2, 0) is 12.8 Å². The van der Waals surface area contributed by atoms with E-state index in [0.29, 0.717) is 0 Å². The first-order valence-corrected chi connectivity index (χ1v) is 7.19. The van der Waals surface area contributed by atoms with Gasteiger partial charge in [0.25, 0.3) is 0 Å². The lowest BCUT2D eigenvalue weighted by atomic mass is 10.1. The Morgan fingerprint density at radius 1 is 1.05 bits per heavy atom. The van der Waals surface area contributed by atoms with Gasteiger partial charge in [-0.05, 0) is 48.6 Å². The largest absolute Gasteiger partial charge is 0.399 e. The molecule has 21 heavy (non-hydrogen) atoms. The third-order valence-electron chi connectivity index (χ3n) is 3.95. The van der Waals surface area contributed by atoms with E-state index in [-0.39, 0.29) is 0 Å². The minimum atomic E-state index is 0.760. The zero-order chi connectivity index (χ0) is 14.2. The number of benzene rings is 1. The number of nitrogens with two attached hydrogens (primary N) is 1. The van der Waals surface area contributed by atoms with Crippen molar-refractivity contribution in [2.45, 2.75) is 19.3 Å². The molecule has 0 amide bonds. The van der Waals surface area contributed by atoms with E-state index >= 15 is 0 Å². The van der Waals surface area contributed by atoms with Crippen molar-refractivity contribution in [1.82, 2.24) is 14.8 Å². The molecule has 0 fully saturated rings. The molecule has 1 aliphatic carbocycles. The zero-order valence-corrected chi connectivity index (χ0v) is 11.7. The van der Waals surface area contributed by atoms with E-state index < -0.39 is 0 Å². The van der Waals surface area contributed by atoms with Crippen molar-refractivity contribution in [3.8, 4) is 16.9 Å². The predicted molar refractivity (Wildman–Crippen MR) is 83.2 cm³/mol. The molecule has 0 bridgehead atoms. The van der Waals surface area contributed by atoms with Crippen molar-refractivity contribution in [2.75, 3.05) is 5.73 Å². The Balaban J connectivity index is 1.71. The summed E-state index contributed by atoms with van der Waals surface area (Å²) < 4.78 is 1.83. The van der Waals surface area contributed by atoms with Crippen LogP contribution in [0.25, 0.3) is 16.9 Å². The molecule has 104 valence electrons. The van der Waals surface area contributed by atoms with E-state index in [4.69, 9.17) is 10.7 Å². The molecule has 0 spiro atoms. The molecule has 2 heterocycles. The number of hydrogen-bond acceptors (Lipinski definition) is 3. The molecular formula is C17H16N4. The molecule has 2 aromatic heterocycles. The second kappa shape index (κ2) is 4.74. The van der Waals surface area contributed by atoms with Gasteiger partial charge in [-0.25, -0.2) is 9.67 Å². The van der Waals surface area contributed by atoms with Gasteiger partial charge in [0, 0.05) is 23.1 Å². The lowest BCUT2D eigenvalue weighted by Crippen LogP contribution is -2.00. The summed E-state index contributed by atoms with van der Waals surface area (Å²) >= 11 is 0. The minimum absolute atomic E-state index is 0.760. The van der Waals surface area contributed by atoms with Crippen LogP contribution in [0.5, 0.6) is 0 Å². The van der Waals surface area contributed by atoms with Crippen LogP contribution in [-0.4, -0.2) is 14.8 Å². The maximum atomic E-state index is 5.84. The zero-order valence-electron chi connectivity index (χ0n) is 11.7. The van der Waals surface area contributed by atoms with Crippen LogP contribution in [0, 0.1) is 0 Å². The number of aryl methyl sites for hydroxylation is 2. The van der Waals surface area contributed by atoms with Gasteiger partial charge in [-0.2, -0.15) is 5.10 Å². The van der Waals surface area contributed by atoms with Gasteiger partial charge in [-0.15, -0.1) is 0 Å². The van der Waals surface area contributed by atoms with Gasteiger partial charge >= 0.3 is 0 Å². The summed E-state index contributed by atoms with van der Waals surface area (Å²) in [6.07, 6.45) is 7.28. The molecule has 4 nitrogen and oxygen atoms in total. The fourth-order valence-corrected chi connectivity index (χ4v) is 2.85. The highest BCUT2D eigenvalue weighted by atomic mass is 15.3. The average molecular weight is 276 g/mol. The predicted octanol–water partition coefficient (Wildman–Crippen LogP) is 3.01. The van der Waals surface area contributed by atoms with E-state index in [2.05, 4.69) is 11.2 Å². The van der Waals surface area contributed by atoms with Crippen molar-refractivity contribution in [2.24, 2.45) is 0 Å². The number of fused-ring (bicyclic) bond motifs is 1. The summed E-state index contributed by atoms with van der Waals surface area (Å²) in [6, 6.07) is 12.0. The molecule has 0 saturated heterocycles. The van der Waals surface area contributed by atoms with Gasteiger partial charge in [-0.3, -0.25) is 0 Å². The van der Waals surface area contributed by atoms with Gasteiger partial charge in [0.15, 0.2) is 5.82 Å². The fourth-order valence-electron chi connectivity index (χ4n) is 2.85. The molecule has 1 aromatic carbocycles. The molecule has 0 saturated carbocycles. The van der Waals surface area contributed by atoms with Crippen molar-refractivity contribution >= 4 is 5.69 Å². The van der Waals surface area contributed by atoms with Crippen LogP contribution in [0.1, 0.15) is 17.7 Å². The number of hydrogen-bond donors (Lipinski definition) is 1. The van der Waals surface area contributed by atoms with Gasteiger partial charge in [0.1, 0.15) is 0 Å². The van der Waals surface area contributed by atoms with E-state index in [9.17, 15) is 0 Å². The Kier molecular flexibility index (Phi) is 2.74. The molecule has 0 aliphatic heterocycles. The van der Waals surface area contributed by atoms with E-state index in [1.165, 1.54) is 17.7 Å². The molecule has 0 radical (unpaired) electrons. The number of pyridine rings is 1. The average Bonchev–Trinajstić information content (AvgIpc) is 3.15. The summed E-state index contributed by atoms with van der Waals surface area (Å²) in [4.78, 5) is 4.72. The summed E-state index contributed by atoms with van der Waals surface area (Å²) in [7, 11) is 0. The maximum absolute atomic E-state index is 5.84. The van der Waals surface area contributed by atoms with Crippen molar-refractivity contribution < 1.29 is 0 Å². The summed E-state index contributed by atoms with van der Waals surface area (Å²) in [5.41, 5.74) is 11.3. The van der Waals surface area contributed by atoms with Gasteiger partial charge in [0.05, 0.1) is 6.20 Å². The highest BCUT2D eigenvalue weighted by Gasteiger charge is 2.13. The highest BCUT2D eigenvalue weighted by Crippen LogP contribution is 2.24. The third-order valence-corrected chi connectivity index (χ3v) is 3.95. The van der Waals surface area contributed by atoms with Crippen LogP contribution in [0.15, 0.2) is 48.8 Å². The quantitative estimate of drug-likeness (QED) is 0.732. The van der Waals surface area contributed by atoms with E-state index in [1.807, 2.05) is 47.4 Å². The topological polar surface area (TPSA) is 56.7 Å². The van der Waals surface area contributed by atoms with Crippen molar-refractivity contribution in [3.05, 3.63) is 60.0 Å². The lowest BCUT2D eigenvalue weighted by Gasteiger charge is -2.03. The van der Waals surface area contributed by atoms with Gasteiger partial charge in [0.2, 0.25) is 0 Å². The van der Waals surface area contributed by atoms with E-state index in [1.54, 1.807) is 0 Å². The normalized spacial score (nSPS) is 13.3. The number of nitrogens with zero attached hydrogens (tertiary/aromatic N) is 3. The number of rotatable bonds is 2. The maximum Gasteiger partial charge on any atom is 0.153 e. The van der Waals surface area contributed by atoms with Crippen LogP contribution in [0.4, 0.5) is 5.69 Å². The minimum Gasteiger partial charge on any atom is -0.399 e. The monoisotopic (exact) mass is 276 g/mol. The second-order valence-corrected chi connectivity index (χ2v) is 5.43. The summed E-state index contributed by atoms with van der Waals surface area (Å²) in [6.45, 7) is 0. The Hall–Kier alpha value is -2.62. The number of anilines is 1. The summed E-state index contributed by atoms with van der Waals surface area (Å²) in [5.74, 6) is 0.880. The smallest absolute Gasteiger partial charge is 0.153 e. The Morgan fingerprint density at radius 2 is 2.00 bits per heavy atom. The summed E-state index contributed by atoms with van der Waals surface area (Å²) in [5, 5.41) is 4.43. The molecule has 2 N–H and O–H groups in total. The Bertz CT molecular complexity index is 804. The second-order valence-electron chi connectivity index (χ2n) is 5.43. The van der Waals surface area contributed by atoms with Crippen LogP contribution >= 0.6 is 0 Å². The SMILES string of the molecule is Nc1cccc(-c2cnn(-c3ccc4c(n3)CCC4)c2)c1. The first-order chi connectivity index (χ1) is 10.3. The van der Waals surface area contributed by atoms with Gasteiger partial charge < -0.3 is 5.73 Å². The Labute approximate surface area is 123 Å². The molecule has 3 aromatic rings. The van der Waals surface area contributed by atoms with Crippen molar-refractivity contribution in [1.29, 1.82) is 0 Å². The first-order valence-electron chi connectivity index (χ1n) is 7.19. The highest BCUT2D eigenvalue weighted by molar-refractivity contribution is 5.66. The first kappa shape index (κ1) is 12.1. The molecule has 0 unspecified atom stereocenters. The Morgan fingerprint density at radius 3 is 2.90 bits per heavy atom. The standard InChI is InChI=1S/C17H16N4/c18-15-5-1-4-13(9-15)14-10-19-21(11-14)17-8-7-12-3-2-6-16(12)20-17/h1,4-5,7-11H,2-3,6,18H2.